The third kappa shape index (κ3) is 5.49. The highest BCUT2D eigenvalue weighted by Crippen LogP contribution is 2.09. The number of hydrogen-bond acceptors (Lipinski definition) is 4. The highest BCUT2D eigenvalue weighted by Gasteiger charge is 2.05. The van der Waals surface area contributed by atoms with Crippen molar-refractivity contribution < 1.29 is 4.21 Å². The van der Waals surface area contributed by atoms with Crippen molar-refractivity contribution in [1.82, 2.24) is 4.98 Å². The fourth-order valence-corrected chi connectivity index (χ4v) is 1.90. The van der Waals surface area contributed by atoms with Gasteiger partial charge in [0.05, 0.1) is 0 Å². The Hall–Kier alpha value is -1.10. The SMILES string of the molecule is CCCNc1cccc(NCCC(C)S(C)=O)n1. The Morgan fingerprint density at radius 2 is 1.89 bits per heavy atom. The van der Waals surface area contributed by atoms with Gasteiger partial charge < -0.3 is 10.6 Å². The maximum atomic E-state index is 11.2. The van der Waals surface area contributed by atoms with Gasteiger partial charge in [0.1, 0.15) is 11.6 Å². The van der Waals surface area contributed by atoms with Crippen molar-refractivity contribution in [2.24, 2.45) is 0 Å². The first-order chi connectivity index (χ1) is 8.63. The van der Waals surface area contributed by atoms with Crippen LogP contribution in [0.5, 0.6) is 0 Å². The second kappa shape index (κ2) is 8.08. The molecule has 0 aliphatic rings. The molecular formula is C13H23N3OS. The van der Waals surface area contributed by atoms with Crippen molar-refractivity contribution in [1.29, 1.82) is 0 Å². The number of pyridine rings is 1. The average molecular weight is 269 g/mol. The van der Waals surface area contributed by atoms with E-state index in [1.165, 1.54) is 0 Å². The molecule has 4 nitrogen and oxygen atoms in total. The number of hydrogen-bond donors (Lipinski definition) is 2. The molecule has 2 N–H and O–H groups in total. The molecule has 102 valence electrons. The molecule has 0 radical (unpaired) electrons. The Labute approximate surface area is 112 Å². The molecule has 2 unspecified atom stereocenters. The highest BCUT2D eigenvalue weighted by molar-refractivity contribution is 7.84. The normalized spacial score (nSPS) is 13.9. The second-order valence-corrected chi connectivity index (χ2v) is 6.16. The maximum absolute atomic E-state index is 11.2. The second-order valence-electron chi connectivity index (χ2n) is 4.36. The Morgan fingerprint density at radius 1 is 1.28 bits per heavy atom. The first-order valence-corrected chi connectivity index (χ1v) is 8.02. The summed E-state index contributed by atoms with van der Waals surface area (Å²) < 4.78 is 11.2. The minimum absolute atomic E-state index is 0.221. The zero-order valence-corrected chi connectivity index (χ0v) is 12.2. The first kappa shape index (κ1) is 15.0. The topological polar surface area (TPSA) is 54.0 Å². The number of nitrogens with zero attached hydrogens (tertiary/aromatic N) is 1. The van der Waals surface area contributed by atoms with Gasteiger partial charge in [0.2, 0.25) is 0 Å². The summed E-state index contributed by atoms with van der Waals surface area (Å²) in [5.74, 6) is 1.76. The standard InChI is InChI=1S/C13H23N3OS/c1-4-9-14-12-6-5-7-13(16-12)15-10-8-11(2)18(3)17/h5-7,11H,4,8-10H2,1-3H3,(H2,14,15,16). The van der Waals surface area contributed by atoms with Crippen molar-refractivity contribution in [3.63, 3.8) is 0 Å². The summed E-state index contributed by atoms with van der Waals surface area (Å²) in [6.45, 7) is 5.86. The van der Waals surface area contributed by atoms with Crippen molar-refractivity contribution in [2.75, 3.05) is 30.0 Å². The van der Waals surface area contributed by atoms with E-state index in [1.807, 2.05) is 25.1 Å². The minimum atomic E-state index is -0.750. The van der Waals surface area contributed by atoms with E-state index in [9.17, 15) is 4.21 Å². The molecule has 5 heteroatoms. The summed E-state index contributed by atoms with van der Waals surface area (Å²) in [7, 11) is -0.750. The van der Waals surface area contributed by atoms with Crippen LogP contribution in [-0.4, -0.2) is 33.8 Å². The Balaban J connectivity index is 2.40. The number of nitrogens with one attached hydrogen (secondary N) is 2. The molecule has 0 amide bonds. The molecule has 1 rings (SSSR count). The van der Waals surface area contributed by atoms with Gasteiger partial charge in [-0.15, -0.1) is 0 Å². The zero-order valence-electron chi connectivity index (χ0n) is 11.4. The van der Waals surface area contributed by atoms with Crippen LogP contribution in [0.15, 0.2) is 18.2 Å². The summed E-state index contributed by atoms with van der Waals surface area (Å²) in [4.78, 5) is 4.45. The van der Waals surface area contributed by atoms with Crippen LogP contribution in [0, 0.1) is 0 Å². The molecule has 1 heterocycles. The quantitative estimate of drug-likeness (QED) is 0.761. The van der Waals surface area contributed by atoms with E-state index < -0.39 is 10.8 Å². The zero-order chi connectivity index (χ0) is 13.4. The van der Waals surface area contributed by atoms with Crippen LogP contribution in [0.2, 0.25) is 0 Å². The molecule has 0 saturated carbocycles. The Bertz CT molecular complexity index is 384. The van der Waals surface area contributed by atoms with E-state index >= 15 is 0 Å². The highest BCUT2D eigenvalue weighted by atomic mass is 32.2. The Kier molecular flexibility index (Phi) is 6.72. The lowest BCUT2D eigenvalue weighted by Crippen LogP contribution is -2.15. The average Bonchev–Trinajstić information content (AvgIpc) is 2.36. The molecule has 0 spiro atoms. The molecule has 0 aliphatic heterocycles. The summed E-state index contributed by atoms with van der Waals surface area (Å²) >= 11 is 0. The minimum Gasteiger partial charge on any atom is -0.370 e. The molecule has 0 fully saturated rings. The van der Waals surface area contributed by atoms with Crippen LogP contribution in [0.1, 0.15) is 26.7 Å². The third-order valence-corrected chi connectivity index (χ3v) is 4.10. The molecular weight excluding hydrogens is 246 g/mol. The summed E-state index contributed by atoms with van der Waals surface area (Å²) in [6.07, 6.45) is 3.72. The van der Waals surface area contributed by atoms with Gasteiger partial charge in [0, 0.05) is 35.4 Å². The predicted octanol–water partition coefficient (Wildman–Crippen LogP) is 2.47. The Morgan fingerprint density at radius 3 is 2.44 bits per heavy atom. The van der Waals surface area contributed by atoms with Gasteiger partial charge in [0.15, 0.2) is 0 Å². The van der Waals surface area contributed by atoms with Crippen LogP contribution in [-0.2, 0) is 10.8 Å². The van der Waals surface area contributed by atoms with Crippen molar-refractivity contribution in [3.05, 3.63) is 18.2 Å². The van der Waals surface area contributed by atoms with Crippen LogP contribution >= 0.6 is 0 Å². The third-order valence-electron chi connectivity index (χ3n) is 2.73. The van der Waals surface area contributed by atoms with Crippen molar-refractivity contribution >= 4 is 22.4 Å². The van der Waals surface area contributed by atoms with Gasteiger partial charge in [-0.25, -0.2) is 4.98 Å². The van der Waals surface area contributed by atoms with E-state index in [4.69, 9.17) is 0 Å². The van der Waals surface area contributed by atoms with E-state index in [0.717, 1.165) is 37.6 Å². The van der Waals surface area contributed by atoms with Gasteiger partial charge in [-0.1, -0.05) is 19.9 Å². The molecule has 2 atom stereocenters. The van der Waals surface area contributed by atoms with E-state index in [2.05, 4.69) is 22.5 Å². The molecule has 0 aromatic carbocycles. The predicted molar refractivity (Wildman–Crippen MR) is 79.7 cm³/mol. The monoisotopic (exact) mass is 269 g/mol. The largest absolute Gasteiger partial charge is 0.370 e. The van der Waals surface area contributed by atoms with E-state index in [0.29, 0.717) is 0 Å². The van der Waals surface area contributed by atoms with Crippen molar-refractivity contribution in [2.45, 2.75) is 31.9 Å². The van der Waals surface area contributed by atoms with Crippen LogP contribution < -0.4 is 10.6 Å². The number of aromatic nitrogens is 1. The maximum Gasteiger partial charge on any atom is 0.128 e. The van der Waals surface area contributed by atoms with E-state index in [1.54, 1.807) is 6.26 Å². The summed E-state index contributed by atoms with van der Waals surface area (Å²) in [5, 5.41) is 6.74. The molecule has 1 aromatic rings. The molecule has 1 aromatic heterocycles. The summed E-state index contributed by atoms with van der Waals surface area (Å²) in [6, 6.07) is 5.89. The lowest BCUT2D eigenvalue weighted by molar-refractivity contribution is 0.672. The molecule has 18 heavy (non-hydrogen) atoms. The van der Waals surface area contributed by atoms with Crippen LogP contribution in [0.4, 0.5) is 11.6 Å². The number of anilines is 2. The fraction of sp³-hybridized carbons (Fsp3) is 0.615. The van der Waals surface area contributed by atoms with Gasteiger partial charge >= 0.3 is 0 Å². The van der Waals surface area contributed by atoms with Crippen LogP contribution in [0.25, 0.3) is 0 Å². The van der Waals surface area contributed by atoms with Crippen LogP contribution in [0.3, 0.4) is 0 Å². The fourth-order valence-electron chi connectivity index (χ4n) is 1.45. The van der Waals surface area contributed by atoms with Gasteiger partial charge in [-0.3, -0.25) is 4.21 Å². The lowest BCUT2D eigenvalue weighted by atomic mass is 10.3. The van der Waals surface area contributed by atoms with Gasteiger partial charge in [-0.05, 0) is 25.0 Å². The molecule has 0 aliphatic carbocycles. The molecule has 0 bridgehead atoms. The van der Waals surface area contributed by atoms with E-state index in [-0.39, 0.29) is 5.25 Å². The number of rotatable bonds is 8. The van der Waals surface area contributed by atoms with Gasteiger partial charge in [-0.2, -0.15) is 0 Å². The van der Waals surface area contributed by atoms with Crippen molar-refractivity contribution in [3.8, 4) is 0 Å². The first-order valence-electron chi connectivity index (χ1n) is 6.40. The smallest absolute Gasteiger partial charge is 0.128 e. The summed E-state index contributed by atoms with van der Waals surface area (Å²) in [5.41, 5.74) is 0. The van der Waals surface area contributed by atoms with Gasteiger partial charge in [0.25, 0.3) is 0 Å². The lowest BCUT2D eigenvalue weighted by Gasteiger charge is -2.11. The molecule has 0 saturated heterocycles.